The van der Waals surface area contributed by atoms with Crippen LogP contribution in [-0.2, 0) is 4.79 Å². The zero-order valence-corrected chi connectivity index (χ0v) is 16.7. The van der Waals surface area contributed by atoms with E-state index >= 15 is 0 Å². The molecule has 0 radical (unpaired) electrons. The Morgan fingerprint density at radius 2 is 2.11 bits per heavy atom. The minimum absolute atomic E-state index is 0.0798. The number of benzene rings is 1. The standard InChI is InChI=1S/C20H25N3O4S/c1-22-6-8-23(9-7-22)15(19-3-2-10-28-19)12-21-20(25)18-13-26-16-5-4-14(24)11-17(16)27-18/h2-5,10-11,15,18,24H,6-9,12-13H2,1H3,(H,21,25). The number of ether oxygens (including phenoxy) is 2. The molecule has 3 heterocycles. The first-order valence-corrected chi connectivity index (χ1v) is 10.3. The number of rotatable bonds is 5. The molecule has 1 aromatic heterocycles. The summed E-state index contributed by atoms with van der Waals surface area (Å²) in [4.78, 5) is 18.7. The molecule has 1 fully saturated rings. The van der Waals surface area contributed by atoms with Crippen LogP contribution in [0.3, 0.4) is 0 Å². The molecule has 2 atom stereocenters. The van der Waals surface area contributed by atoms with Gasteiger partial charge in [0.1, 0.15) is 12.4 Å². The Labute approximate surface area is 168 Å². The van der Waals surface area contributed by atoms with E-state index < -0.39 is 6.10 Å². The van der Waals surface area contributed by atoms with Crippen LogP contribution in [0.4, 0.5) is 0 Å². The van der Waals surface area contributed by atoms with Crippen molar-refractivity contribution in [3.8, 4) is 17.2 Å². The molecule has 2 unspecified atom stereocenters. The molecular formula is C20H25N3O4S. The molecule has 1 aromatic carbocycles. The Morgan fingerprint density at radius 3 is 2.86 bits per heavy atom. The summed E-state index contributed by atoms with van der Waals surface area (Å²) in [7, 11) is 2.13. The van der Waals surface area contributed by atoms with Crippen LogP contribution in [0.25, 0.3) is 0 Å². The number of nitrogens with one attached hydrogen (secondary N) is 1. The lowest BCUT2D eigenvalue weighted by Gasteiger charge is -2.38. The molecule has 0 saturated carbocycles. The molecule has 1 amide bonds. The second-order valence-electron chi connectivity index (χ2n) is 7.16. The smallest absolute Gasteiger partial charge is 0.264 e. The van der Waals surface area contributed by atoms with Crippen molar-refractivity contribution >= 4 is 17.2 Å². The van der Waals surface area contributed by atoms with E-state index in [1.807, 2.05) is 6.07 Å². The van der Waals surface area contributed by atoms with E-state index in [-0.39, 0.29) is 24.3 Å². The second-order valence-corrected chi connectivity index (χ2v) is 8.14. The maximum absolute atomic E-state index is 12.7. The fraction of sp³-hybridized carbons (Fsp3) is 0.450. The Kier molecular flexibility index (Phi) is 5.70. The molecular weight excluding hydrogens is 378 g/mol. The fourth-order valence-electron chi connectivity index (χ4n) is 3.53. The van der Waals surface area contributed by atoms with Gasteiger partial charge in [0.05, 0.1) is 6.04 Å². The zero-order chi connectivity index (χ0) is 19.5. The predicted octanol–water partition coefficient (Wildman–Crippen LogP) is 1.70. The minimum atomic E-state index is -0.731. The van der Waals surface area contributed by atoms with Gasteiger partial charge in [0, 0.05) is 43.7 Å². The number of amides is 1. The van der Waals surface area contributed by atoms with E-state index in [0.717, 1.165) is 26.2 Å². The molecule has 2 aromatic rings. The zero-order valence-electron chi connectivity index (χ0n) is 15.8. The predicted molar refractivity (Wildman–Crippen MR) is 107 cm³/mol. The van der Waals surface area contributed by atoms with Gasteiger partial charge in [0.2, 0.25) is 6.10 Å². The van der Waals surface area contributed by atoms with Crippen LogP contribution in [0.15, 0.2) is 35.7 Å². The molecule has 2 aliphatic rings. The van der Waals surface area contributed by atoms with Crippen molar-refractivity contribution in [2.45, 2.75) is 12.1 Å². The number of hydrogen-bond acceptors (Lipinski definition) is 7. The number of carbonyl (C=O) groups excluding carboxylic acids is 1. The Hall–Kier alpha value is -2.29. The third-order valence-corrected chi connectivity index (χ3v) is 6.17. The van der Waals surface area contributed by atoms with E-state index in [1.54, 1.807) is 17.4 Å². The van der Waals surface area contributed by atoms with Crippen molar-refractivity contribution in [3.63, 3.8) is 0 Å². The number of thiophene rings is 1. The van der Waals surface area contributed by atoms with E-state index in [9.17, 15) is 9.90 Å². The molecule has 0 aliphatic carbocycles. The van der Waals surface area contributed by atoms with E-state index in [0.29, 0.717) is 18.0 Å². The monoisotopic (exact) mass is 403 g/mol. The summed E-state index contributed by atoms with van der Waals surface area (Å²) in [5, 5.41) is 14.7. The summed E-state index contributed by atoms with van der Waals surface area (Å²) in [5.74, 6) is 0.803. The van der Waals surface area contributed by atoms with Gasteiger partial charge in [-0.25, -0.2) is 0 Å². The molecule has 0 bridgehead atoms. The SMILES string of the molecule is CN1CCN(C(CNC(=O)C2COc3ccc(O)cc3O2)c2cccs2)CC1. The van der Waals surface area contributed by atoms with Gasteiger partial charge >= 0.3 is 0 Å². The van der Waals surface area contributed by atoms with Crippen LogP contribution in [0, 0.1) is 0 Å². The summed E-state index contributed by atoms with van der Waals surface area (Å²) in [5.41, 5.74) is 0. The highest BCUT2D eigenvalue weighted by atomic mass is 32.1. The molecule has 0 spiro atoms. The fourth-order valence-corrected chi connectivity index (χ4v) is 4.39. The lowest BCUT2D eigenvalue weighted by atomic mass is 10.1. The Balaban J connectivity index is 1.39. The summed E-state index contributed by atoms with van der Waals surface area (Å²) in [6.45, 7) is 4.68. The van der Waals surface area contributed by atoms with Gasteiger partial charge in [0.25, 0.3) is 5.91 Å². The first kappa shape index (κ1) is 19.0. The lowest BCUT2D eigenvalue weighted by molar-refractivity contribution is -0.130. The molecule has 4 rings (SSSR count). The normalized spacial score (nSPS) is 21.2. The lowest BCUT2D eigenvalue weighted by Crippen LogP contribution is -2.50. The average molecular weight is 404 g/mol. The summed E-state index contributed by atoms with van der Waals surface area (Å²) in [6.07, 6.45) is -0.731. The first-order valence-electron chi connectivity index (χ1n) is 9.46. The Morgan fingerprint density at radius 1 is 1.29 bits per heavy atom. The minimum Gasteiger partial charge on any atom is -0.508 e. The van der Waals surface area contributed by atoms with Crippen molar-refractivity contribution < 1.29 is 19.4 Å². The average Bonchev–Trinajstić information content (AvgIpc) is 3.23. The molecule has 8 heteroatoms. The number of fused-ring (bicyclic) bond motifs is 1. The van der Waals surface area contributed by atoms with Crippen molar-refractivity contribution in [1.29, 1.82) is 0 Å². The van der Waals surface area contributed by atoms with Crippen molar-refractivity contribution in [2.75, 3.05) is 46.4 Å². The molecule has 7 nitrogen and oxygen atoms in total. The van der Waals surface area contributed by atoms with Crippen LogP contribution in [0.1, 0.15) is 10.9 Å². The van der Waals surface area contributed by atoms with Gasteiger partial charge in [-0.2, -0.15) is 0 Å². The van der Waals surface area contributed by atoms with Gasteiger partial charge in [-0.15, -0.1) is 11.3 Å². The molecule has 1 saturated heterocycles. The first-order chi connectivity index (χ1) is 13.6. The largest absolute Gasteiger partial charge is 0.508 e. The number of nitrogens with zero attached hydrogens (tertiary/aromatic N) is 2. The third kappa shape index (κ3) is 4.24. The van der Waals surface area contributed by atoms with Crippen LogP contribution in [-0.4, -0.2) is 73.3 Å². The molecule has 2 aliphatic heterocycles. The number of phenols is 1. The summed E-state index contributed by atoms with van der Waals surface area (Å²) in [6, 6.07) is 8.96. The third-order valence-electron chi connectivity index (χ3n) is 5.20. The van der Waals surface area contributed by atoms with Crippen LogP contribution >= 0.6 is 11.3 Å². The quantitative estimate of drug-likeness (QED) is 0.792. The second kappa shape index (κ2) is 8.38. The molecule has 28 heavy (non-hydrogen) atoms. The number of piperazine rings is 1. The number of phenolic OH excluding ortho intramolecular Hbond substituents is 1. The number of carbonyl (C=O) groups is 1. The van der Waals surface area contributed by atoms with Gasteiger partial charge in [-0.05, 0) is 30.6 Å². The van der Waals surface area contributed by atoms with Crippen LogP contribution in [0.5, 0.6) is 17.2 Å². The van der Waals surface area contributed by atoms with Gasteiger partial charge in [-0.3, -0.25) is 9.69 Å². The van der Waals surface area contributed by atoms with E-state index in [4.69, 9.17) is 9.47 Å². The number of likely N-dealkylation sites (N-methyl/N-ethyl adjacent to an activating group) is 1. The Bertz CT molecular complexity index is 806. The highest BCUT2D eigenvalue weighted by molar-refractivity contribution is 7.10. The van der Waals surface area contributed by atoms with Gasteiger partial charge in [-0.1, -0.05) is 6.07 Å². The topological polar surface area (TPSA) is 74.3 Å². The highest BCUT2D eigenvalue weighted by Gasteiger charge is 2.30. The van der Waals surface area contributed by atoms with Crippen LogP contribution in [0.2, 0.25) is 0 Å². The molecule has 150 valence electrons. The number of aromatic hydroxyl groups is 1. The van der Waals surface area contributed by atoms with Crippen molar-refractivity contribution in [2.24, 2.45) is 0 Å². The van der Waals surface area contributed by atoms with Gasteiger partial charge < -0.3 is 24.8 Å². The highest BCUT2D eigenvalue weighted by Crippen LogP contribution is 2.34. The maximum atomic E-state index is 12.7. The number of hydrogen-bond donors (Lipinski definition) is 2. The van der Waals surface area contributed by atoms with Crippen LogP contribution < -0.4 is 14.8 Å². The van der Waals surface area contributed by atoms with E-state index in [2.05, 4.69) is 33.6 Å². The summed E-state index contributed by atoms with van der Waals surface area (Å²) < 4.78 is 11.4. The van der Waals surface area contributed by atoms with Gasteiger partial charge in [0.15, 0.2) is 11.5 Å². The summed E-state index contributed by atoms with van der Waals surface area (Å²) >= 11 is 1.71. The maximum Gasteiger partial charge on any atom is 0.264 e. The van der Waals surface area contributed by atoms with E-state index in [1.165, 1.54) is 17.0 Å². The molecule has 2 N–H and O–H groups in total. The van der Waals surface area contributed by atoms with Crippen molar-refractivity contribution in [3.05, 3.63) is 40.6 Å². The van der Waals surface area contributed by atoms with Crippen molar-refractivity contribution in [1.82, 2.24) is 15.1 Å².